The number of likely N-dealkylation sites (tertiary alicyclic amines) is 1. The Hall–Kier alpha value is -1.70. The highest BCUT2D eigenvalue weighted by Gasteiger charge is 2.39. The standard InChI is InChI=1S/C20H29N3O4/c1-13-10-17(14-4-3-5-14)27-20(26)18(13)19(25)23-11-15(16(24)12-23)22-8-6-21(2)7-9-22/h10,14-16,24H,3-9,11-12H2,1-2H3/t15-,16-/m0/s1. The summed E-state index contributed by atoms with van der Waals surface area (Å²) in [6.45, 7) is 6.21. The van der Waals surface area contributed by atoms with Gasteiger partial charge in [0.25, 0.3) is 5.91 Å². The zero-order chi connectivity index (χ0) is 19.1. The average Bonchev–Trinajstić information content (AvgIpc) is 2.95. The lowest BCUT2D eigenvalue weighted by Gasteiger charge is -2.37. The first-order valence-electron chi connectivity index (χ1n) is 9.98. The molecule has 3 fully saturated rings. The molecule has 1 N–H and O–H groups in total. The van der Waals surface area contributed by atoms with Gasteiger partial charge >= 0.3 is 5.63 Å². The molecular formula is C20H29N3O4. The Morgan fingerprint density at radius 3 is 2.48 bits per heavy atom. The molecule has 0 bridgehead atoms. The van der Waals surface area contributed by atoms with Gasteiger partial charge in [0.1, 0.15) is 11.3 Å². The van der Waals surface area contributed by atoms with Gasteiger partial charge in [-0.1, -0.05) is 6.42 Å². The van der Waals surface area contributed by atoms with Crippen molar-refractivity contribution in [2.24, 2.45) is 0 Å². The Balaban J connectivity index is 1.49. The van der Waals surface area contributed by atoms with Crippen LogP contribution in [0.4, 0.5) is 0 Å². The normalized spacial score (nSPS) is 27.7. The lowest BCUT2D eigenvalue weighted by Crippen LogP contribution is -2.52. The maximum Gasteiger partial charge on any atom is 0.349 e. The zero-order valence-electron chi connectivity index (χ0n) is 16.2. The topological polar surface area (TPSA) is 77.2 Å². The van der Waals surface area contributed by atoms with Crippen molar-refractivity contribution in [3.05, 3.63) is 33.4 Å². The van der Waals surface area contributed by atoms with Crippen molar-refractivity contribution >= 4 is 5.91 Å². The average molecular weight is 375 g/mol. The summed E-state index contributed by atoms with van der Waals surface area (Å²) in [4.78, 5) is 31.6. The van der Waals surface area contributed by atoms with E-state index in [-0.39, 0.29) is 24.1 Å². The van der Waals surface area contributed by atoms with Crippen LogP contribution in [0.15, 0.2) is 15.3 Å². The van der Waals surface area contributed by atoms with E-state index in [2.05, 4.69) is 16.8 Å². The zero-order valence-corrected chi connectivity index (χ0v) is 16.2. The monoisotopic (exact) mass is 375 g/mol. The summed E-state index contributed by atoms with van der Waals surface area (Å²) in [5.74, 6) is 0.699. The number of likely N-dealkylation sites (N-methyl/N-ethyl adjacent to an activating group) is 1. The fourth-order valence-corrected chi connectivity index (χ4v) is 4.39. The first kappa shape index (κ1) is 18.7. The number of aliphatic hydroxyl groups excluding tert-OH is 1. The van der Waals surface area contributed by atoms with Crippen molar-refractivity contribution in [1.29, 1.82) is 0 Å². The van der Waals surface area contributed by atoms with Crippen molar-refractivity contribution in [1.82, 2.24) is 14.7 Å². The summed E-state index contributed by atoms with van der Waals surface area (Å²) in [7, 11) is 2.09. The quantitative estimate of drug-likeness (QED) is 0.836. The molecule has 7 heteroatoms. The van der Waals surface area contributed by atoms with Gasteiger partial charge in [-0.2, -0.15) is 0 Å². The van der Waals surface area contributed by atoms with E-state index in [1.54, 1.807) is 11.8 Å². The Kier molecular flexibility index (Phi) is 5.09. The molecule has 3 aliphatic rings. The Bertz CT molecular complexity index is 765. The molecule has 1 aromatic heterocycles. The van der Waals surface area contributed by atoms with E-state index in [1.165, 1.54) is 0 Å². The predicted octanol–water partition coefficient (Wildman–Crippen LogP) is 0.648. The largest absolute Gasteiger partial charge is 0.427 e. The van der Waals surface area contributed by atoms with Gasteiger partial charge in [0.15, 0.2) is 0 Å². The fourth-order valence-electron chi connectivity index (χ4n) is 4.39. The van der Waals surface area contributed by atoms with E-state index in [4.69, 9.17) is 4.42 Å². The molecule has 1 aromatic rings. The number of carbonyl (C=O) groups is 1. The molecule has 148 valence electrons. The summed E-state index contributed by atoms with van der Waals surface area (Å²) in [5.41, 5.74) is 0.249. The number of β-amino-alcohol motifs (C(OH)–C–C–N with tert-alkyl or cyclic N) is 1. The van der Waals surface area contributed by atoms with Gasteiger partial charge in [-0.15, -0.1) is 0 Å². The minimum atomic E-state index is -0.584. The minimum absolute atomic E-state index is 0.0655. The molecule has 7 nitrogen and oxygen atoms in total. The predicted molar refractivity (Wildman–Crippen MR) is 101 cm³/mol. The van der Waals surface area contributed by atoms with Crippen molar-refractivity contribution in [2.75, 3.05) is 46.3 Å². The third-order valence-corrected chi connectivity index (χ3v) is 6.44. The molecule has 27 heavy (non-hydrogen) atoms. The number of carbonyl (C=O) groups excluding carboxylic acids is 1. The van der Waals surface area contributed by atoms with Crippen molar-refractivity contribution < 1.29 is 14.3 Å². The number of amides is 1. The van der Waals surface area contributed by atoms with Crippen LogP contribution >= 0.6 is 0 Å². The van der Waals surface area contributed by atoms with Gasteiger partial charge in [0.2, 0.25) is 0 Å². The molecule has 0 radical (unpaired) electrons. The summed E-state index contributed by atoms with van der Waals surface area (Å²) in [6, 6.07) is 1.78. The number of aliphatic hydroxyl groups is 1. The van der Waals surface area contributed by atoms with Crippen molar-refractivity contribution in [3.8, 4) is 0 Å². The first-order chi connectivity index (χ1) is 12.9. The number of rotatable bonds is 3. The summed E-state index contributed by atoms with van der Waals surface area (Å²) in [5, 5.41) is 10.5. The van der Waals surface area contributed by atoms with Crippen molar-refractivity contribution in [3.63, 3.8) is 0 Å². The van der Waals surface area contributed by atoms with Crippen LogP contribution in [0.5, 0.6) is 0 Å². The second kappa shape index (κ2) is 7.37. The molecule has 0 aromatic carbocycles. The summed E-state index contributed by atoms with van der Waals surface area (Å²) in [6.07, 6.45) is 2.66. The second-order valence-corrected chi connectivity index (χ2v) is 8.31. The van der Waals surface area contributed by atoms with Crippen LogP contribution in [-0.2, 0) is 0 Å². The molecule has 4 rings (SSSR count). The van der Waals surface area contributed by atoms with Gasteiger partial charge in [0.05, 0.1) is 12.1 Å². The molecule has 1 amide bonds. The summed E-state index contributed by atoms with van der Waals surface area (Å²) >= 11 is 0. The highest BCUT2D eigenvalue weighted by molar-refractivity contribution is 5.95. The van der Waals surface area contributed by atoms with E-state index in [1.807, 2.05) is 6.07 Å². The van der Waals surface area contributed by atoms with Crippen LogP contribution in [0.3, 0.4) is 0 Å². The highest BCUT2D eigenvalue weighted by atomic mass is 16.4. The van der Waals surface area contributed by atoms with Crippen LogP contribution in [0.2, 0.25) is 0 Å². The van der Waals surface area contributed by atoms with E-state index in [0.717, 1.165) is 45.4 Å². The van der Waals surface area contributed by atoms with Gasteiger partial charge in [0, 0.05) is 45.2 Å². The number of piperazine rings is 1. The van der Waals surface area contributed by atoms with Gasteiger partial charge in [-0.05, 0) is 38.4 Å². The molecule has 0 unspecified atom stereocenters. The van der Waals surface area contributed by atoms with Gasteiger partial charge < -0.3 is 19.3 Å². The van der Waals surface area contributed by atoms with Crippen LogP contribution in [-0.4, -0.2) is 84.2 Å². The lowest BCUT2D eigenvalue weighted by atomic mass is 9.83. The molecule has 2 atom stereocenters. The Labute approximate surface area is 159 Å². The second-order valence-electron chi connectivity index (χ2n) is 8.31. The molecular weight excluding hydrogens is 346 g/mol. The third-order valence-electron chi connectivity index (χ3n) is 6.44. The fraction of sp³-hybridized carbons (Fsp3) is 0.700. The Morgan fingerprint density at radius 1 is 1.19 bits per heavy atom. The number of nitrogens with zero attached hydrogens (tertiary/aromatic N) is 3. The smallest absolute Gasteiger partial charge is 0.349 e. The van der Waals surface area contributed by atoms with Crippen LogP contribution in [0, 0.1) is 6.92 Å². The summed E-state index contributed by atoms with van der Waals surface area (Å²) < 4.78 is 5.47. The third kappa shape index (κ3) is 3.56. The number of hydrogen-bond donors (Lipinski definition) is 1. The maximum absolute atomic E-state index is 13.0. The first-order valence-corrected chi connectivity index (χ1v) is 9.98. The van der Waals surface area contributed by atoms with Gasteiger partial charge in [-0.25, -0.2) is 4.79 Å². The van der Waals surface area contributed by atoms with Crippen molar-refractivity contribution in [2.45, 2.75) is 44.2 Å². The van der Waals surface area contributed by atoms with E-state index in [0.29, 0.717) is 23.8 Å². The molecule has 0 spiro atoms. The Morgan fingerprint density at radius 2 is 1.89 bits per heavy atom. The van der Waals surface area contributed by atoms with Crippen LogP contribution in [0.25, 0.3) is 0 Å². The van der Waals surface area contributed by atoms with Crippen LogP contribution in [0.1, 0.15) is 46.9 Å². The SMILES string of the molecule is Cc1cc(C2CCC2)oc(=O)c1C(=O)N1C[C@H](O)[C@@H](N2CCN(C)CC2)C1. The molecule has 2 saturated heterocycles. The van der Waals surface area contributed by atoms with E-state index in [9.17, 15) is 14.7 Å². The number of hydrogen-bond acceptors (Lipinski definition) is 6. The maximum atomic E-state index is 13.0. The van der Waals surface area contributed by atoms with Crippen LogP contribution < -0.4 is 5.63 Å². The molecule has 1 saturated carbocycles. The van der Waals surface area contributed by atoms with Gasteiger partial charge in [-0.3, -0.25) is 9.69 Å². The number of aryl methyl sites for hydroxylation is 1. The highest BCUT2D eigenvalue weighted by Crippen LogP contribution is 2.36. The lowest BCUT2D eigenvalue weighted by molar-refractivity contribution is 0.0512. The van der Waals surface area contributed by atoms with E-state index < -0.39 is 11.7 Å². The molecule has 3 heterocycles. The molecule has 2 aliphatic heterocycles. The minimum Gasteiger partial charge on any atom is -0.427 e. The van der Waals surface area contributed by atoms with E-state index >= 15 is 0 Å². The molecule has 1 aliphatic carbocycles.